The van der Waals surface area contributed by atoms with Crippen molar-refractivity contribution in [1.29, 1.82) is 0 Å². The number of piperidine rings is 1. The number of hydrogen-bond donors (Lipinski definition) is 0. The van der Waals surface area contributed by atoms with Crippen LogP contribution in [0.2, 0.25) is 5.02 Å². The van der Waals surface area contributed by atoms with Crippen molar-refractivity contribution in [2.45, 2.75) is 22.5 Å². The molecule has 0 N–H and O–H groups in total. The highest BCUT2D eigenvalue weighted by molar-refractivity contribution is 7.92. The van der Waals surface area contributed by atoms with E-state index < -0.39 is 36.2 Å². The number of hydrogen-bond acceptors (Lipinski definition) is 4. The molecule has 0 atom stereocenters. The topological polar surface area (TPSA) is 71.5 Å². The maximum atomic E-state index is 14.7. The number of benzene rings is 2. The minimum Gasteiger partial charge on any atom is -0.223 e. The predicted octanol–water partition coefficient (Wildman–Crippen LogP) is 3.34. The van der Waals surface area contributed by atoms with Crippen LogP contribution in [0.1, 0.15) is 18.4 Å². The Balaban J connectivity index is 2.19. The van der Waals surface area contributed by atoms with Gasteiger partial charge in [0.1, 0.15) is 16.4 Å². The predicted molar refractivity (Wildman–Crippen MR) is 102 cm³/mol. The van der Waals surface area contributed by atoms with E-state index in [0.29, 0.717) is 5.02 Å². The lowest BCUT2D eigenvalue weighted by Gasteiger charge is -2.40. The third kappa shape index (κ3) is 3.68. The van der Waals surface area contributed by atoms with Gasteiger partial charge in [0, 0.05) is 23.7 Å². The van der Waals surface area contributed by atoms with Crippen LogP contribution in [0.15, 0.2) is 47.4 Å². The molecule has 5 nitrogen and oxygen atoms in total. The number of nitrogens with zero attached hydrogens (tertiary/aromatic N) is 1. The van der Waals surface area contributed by atoms with Gasteiger partial charge in [-0.05, 0) is 55.3 Å². The fourth-order valence-electron chi connectivity index (χ4n) is 3.55. The Morgan fingerprint density at radius 3 is 2.07 bits per heavy atom. The molecule has 0 spiro atoms. The second-order valence-electron chi connectivity index (χ2n) is 6.74. The van der Waals surface area contributed by atoms with Crippen LogP contribution >= 0.6 is 11.6 Å². The van der Waals surface area contributed by atoms with E-state index in [-0.39, 0.29) is 36.4 Å². The fourth-order valence-corrected chi connectivity index (χ4v) is 6.63. The molecule has 2 aromatic rings. The van der Waals surface area contributed by atoms with Crippen LogP contribution in [-0.2, 0) is 24.6 Å². The van der Waals surface area contributed by atoms with E-state index in [4.69, 9.17) is 11.6 Å². The minimum absolute atomic E-state index is 0.0895. The lowest BCUT2D eigenvalue weighted by atomic mass is 9.88. The second-order valence-corrected chi connectivity index (χ2v) is 11.4. The molecule has 0 aromatic heterocycles. The van der Waals surface area contributed by atoms with Crippen LogP contribution in [0.4, 0.5) is 8.78 Å². The van der Waals surface area contributed by atoms with Crippen LogP contribution < -0.4 is 0 Å². The number of sulfonamides is 1. The first kappa shape index (κ1) is 21.2. The molecule has 2 aromatic carbocycles. The zero-order chi connectivity index (χ0) is 20.7. The summed E-state index contributed by atoms with van der Waals surface area (Å²) in [5, 5.41) is 0.330. The second kappa shape index (κ2) is 7.37. The summed E-state index contributed by atoms with van der Waals surface area (Å²) >= 11 is 5.84. The maximum absolute atomic E-state index is 14.7. The summed E-state index contributed by atoms with van der Waals surface area (Å²) in [4.78, 5) is -0.0895. The zero-order valence-corrected chi connectivity index (χ0v) is 17.3. The lowest BCUT2D eigenvalue weighted by Crippen LogP contribution is -2.49. The van der Waals surface area contributed by atoms with Crippen LogP contribution in [0, 0.1) is 11.6 Å². The third-order valence-corrected chi connectivity index (χ3v) is 9.16. The van der Waals surface area contributed by atoms with Gasteiger partial charge in [0.05, 0.1) is 11.2 Å². The molecule has 1 aliphatic heterocycles. The molecule has 0 saturated carbocycles. The van der Waals surface area contributed by atoms with Gasteiger partial charge < -0.3 is 0 Å². The number of halogens is 3. The highest BCUT2D eigenvalue weighted by Crippen LogP contribution is 2.45. The van der Waals surface area contributed by atoms with E-state index in [9.17, 15) is 25.6 Å². The molecule has 1 saturated heterocycles. The third-order valence-electron chi connectivity index (χ3n) is 5.06. The molecule has 0 radical (unpaired) electrons. The van der Waals surface area contributed by atoms with Crippen molar-refractivity contribution in [3.8, 4) is 0 Å². The Morgan fingerprint density at radius 2 is 1.54 bits per heavy atom. The molecule has 3 rings (SSSR count). The average Bonchev–Trinajstić information content (AvgIpc) is 2.63. The van der Waals surface area contributed by atoms with Gasteiger partial charge in [-0.1, -0.05) is 11.6 Å². The van der Waals surface area contributed by atoms with Crippen molar-refractivity contribution in [2.24, 2.45) is 0 Å². The van der Waals surface area contributed by atoms with E-state index >= 15 is 0 Å². The van der Waals surface area contributed by atoms with Crippen LogP contribution in [-0.4, -0.2) is 40.5 Å². The van der Waals surface area contributed by atoms with E-state index in [2.05, 4.69) is 0 Å². The quantitative estimate of drug-likeness (QED) is 0.717. The molecule has 1 aliphatic rings. The summed E-state index contributed by atoms with van der Waals surface area (Å²) in [5.74, 6) is -1.63. The van der Waals surface area contributed by atoms with E-state index in [0.717, 1.165) is 28.8 Å². The Hall–Kier alpha value is -1.55. The van der Waals surface area contributed by atoms with Crippen molar-refractivity contribution in [3.63, 3.8) is 0 Å². The number of sulfone groups is 1. The van der Waals surface area contributed by atoms with Crippen LogP contribution in [0.5, 0.6) is 0 Å². The first-order valence-electron chi connectivity index (χ1n) is 8.38. The Bertz CT molecular complexity index is 1090. The van der Waals surface area contributed by atoms with Crippen molar-refractivity contribution in [1.82, 2.24) is 4.31 Å². The lowest BCUT2D eigenvalue weighted by molar-refractivity contribution is 0.285. The first-order valence-corrected chi connectivity index (χ1v) is 12.1. The largest absolute Gasteiger partial charge is 0.223 e. The van der Waals surface area contributed by atoms with Gasteiger partial charge in [-0.15, -0.1) is 0 Å². The fraction of sp³-hybridized carbons (Fsp3) is 0.333. The van der Waals surface area contributed by atoms with E-state index in [1.165, 1.54) is 24.3 Å². The molecule has 0 bridgehead atoms. The van der Waals surface area contributed by atoms with Gasteiger partial charge in [0.25, 0.3) is 0 Å². The van der Waals surface area contributed by atoms with Crippen LogP contribution in [0.3, 0.4) is 0 Å². The Kier molecular flexibility index (Phi) is 5.57. The van der Waals surface area contributed by atoms with Gasteiger partial charge >= 0.3 is 0 Å². The highest BCUT2D eigenvalue weighted by atomic mass is 35.5. The number of rotatable bonds is 4. The minimum atomic E-state index is -4.19. The first-order chi connectivity index (χ1) is 13.0. The summed E-state index contributed by atoms with van der Waals surface area (Å²) in [6, 6.07) is 8.07. The van der Waals surface area contributed by atoms with Gasteiger partial charge in [0.15, 0.2) is 9.84 Å². The van der Waals surface area contributed by atoms with Crippen molar-refractivity contribution >= 4 is 31.5 Å². The van der Waals surface area contributed by atoms with Gasteiger partial charge in [-0.25, -0.2) is 29.9 Å². The molecule has 10 heteroatoms. The molecular weight excluding hydrogens is 432 g/mol. The molecular formula is C18H18ClF2NO4S2. The molecule has 0 aliphatic carbocycles. The summed E-state index contributed by atoms with van der Waals surface area (Å²) in [6.45, 7) is -0.247. The Labute approximate surface area is 167 Å². The molecule has 152 valence electrons. The average molecular weight is 450 g/mol. The highest BCUT2D eigenvalue weighted by Gasteiger charge is 2.50. The normalized spacial score (nSPS) is 18.1. The van der Waals surface area contributed by atoms with Crippen molar-refractivity contribution in [3.05, 3.63) is 64.7 Å². The summed E-state index contributed by atoms with van der Waals surface area (Å²) in [6.07, 6.45) is 0.618. The molecule has 1 heterocycles. The zero-order valence-electron chi connectivity index (χ0n) is 14.9. The van der Waals surface area contributed by atoms with Gasteiger partial charge in [-0.2, -0.15) is 0 Å². The van der Waals surface area contributed by atoms with Crippen molar-refractivity contribution < 1.29 is 25.6 Å². The smallest absolute Gasteiger partial charge is 0.211 e. The van der Waals surface area contributed by atoms with Crippen LogP contribution in [0.25, 0.3) is 0 Å². The molecule has 28 heavy (non-hydrogen) atoms. The van der Waals surface area contributed by atoms with E-state index in [1.54, 1.807) is 0 Å². The summed E-state index contributed by atoms with van der Waals surface area (Å²) < 4.78 is 78.7. The van der Waals surface area contributed by atoms with Gasteiger partial charge in [-0.3, -0.25) is 0 Å². The Morgan fingerprint density at radius 1 is 0.964 bits per heavy atom. The standard InChI is InChI=1S/C18H18ClF2NO4S2/c1-27(23,24)22-10-8-18(9-11-22,16-12-14(20)4-7-17(16)21)28(25,26)15-5-2-13(19)3-6-15/h2-7,12H,8-11H2,1H3. The summed E-state index contributed by atoms with van der Waals surface area (Å²) in [7, 11) is -7.73. The SMILES string of the molecule is CS(=O)(=O)N1CCC(c2cc(F)ccc2F)(S(=O)(=O)c2ccc(Cl)cc2)CC1. The molecule has 0 amide bonds. The monoisotopic (exact) mass is 449 g/mol. The molecule has 0 unspecified atom stereocenters. The van der Waals surface area contributed by atoms with Gasteiger partial charge in [0.2, 0.25) is 10.0 Å². The van der Waals surface area contributed by atoms with Crippen molar-refractivity contribution in [2.75, 3.05) is 19.3 Å². The summed E-state index contributed by atoms with van der Waals surface area (Å²) in [5.41, 5.74) is -0.296. The van der Waals surface area contributed by atoms with E-state index in [1.807, 2.05) is 0 Å². The maximum Gasteiger partial charge on any atom is 0.211 e. The molecule has 1 fully saturated rings.